The Morgan fingerprint density at radius 3 is 2.08 bits per heavy atom. The van der Waals surface area contributed by atoms with Gasteiger partial charge in [-0.05, 0) is 79.5 Å². The number of aryl methyl sites for hydroxylation is 3. The number of fused-ring (bicyclic) bond motifs is 1. The monoisotopic (exact) mass is 572 g/mol. The van der Waals surface area contributed by atoms with E-state index in [0.717, 1.165) is 29.8 Å². The summed E-state index contributed by atoms with van der Waals surface area (Å²) in [6.45, 7) is 6.19. The van der Waals surface area contributed by atoms with Gasteiger partial charge < -0.3 is 5.32 Å². The van der Waals surface area contributed by atoms with Crippen molar-refractivity contribution in [2.75, 3.05) is 11.1 Å². The van der Waals surface area contributed by atoms with Crippen molar-refractivity contribution in [3.63, 3.8) is 0 Å². The first-order valence-corrected chi connectivity index (χ1v) is 15.0. The maximum atomic E-state index is 13.9. The third-order valence-electron chi connectivity index (χ3n) is 6.45. The minimum atomic E-state index is -0.207. The van der Waals surface area contributed by atoms with E-state index >= 15 is 0 Å². The fourth-order valence-electron chi connectivity index (χ4n) is 4.21. The van der Waals surface area contributed by atoms with Gasteiger partial charge in [-0.25, -0.2) is 4.98 Å². The molecule has 39 heavy (non-hydrogen) atoms. The zero-order valence-corrected chi connectivity index (χ0v) is 24.4. The van der Waals surface area contributed by atoms with Crippen LogP contribution >= 0.6 is 35.3 Å². The van der Waals surface area contributed by atoms with Crippen LogP contribution in [0, 0.1) is 10.9 Å². The molecule has 2 heterocycles. The second kappa shape index (κ2) is 11.7. The van der Waals surface area contributed by atoms with Gasteiger partial charge in [0, 0.05) is 11.4 Å². The van der Waals surface area contributed by atoms with Crippen molar-refractivity contribution in [2.45, 2.75) is 38.8 Å². The van der Waals surface area contributed by atoms with Crippen LogP contribution in [-0.4, -0.2) is 25.8 Å². The molecule has 0 aliphatic rings. The molecule has 0 atom stereocenters. The number of thioether (sulfide) groups is 1. The van der Waals surface area contributed by atoms with Gasteiger partial charge in [-0.15, -0.1) is 0 Å². The van der Waals surface area contributed by atoms with E-state index < -0.39 is 0 Å². The van der Waals surface area contributed by atoms with Crippen LogP contribution in [0.2, 0.25) is 0 Å². The zero-order valence-electron chi connectivity index (χ0n) is 21.9. The van der Waals surface area contributed by atoms with Crippen molar-refractivity contribution >= 4 is 57.3 Å². The molecule has 0 bridgehead atoms. The molecule has 2 aromatic heterocycles. The van der Waals surface area contributed by atoms with Crippen LogP contribution in [0.4, 0.5) is 5.69 Å². The van der Waals surface area contributed by atoms with Crippen molar-refractivity contribution in [1.29, 1.82) is 0 Å². The molecule has 0 saturated carbocycles. The van der Waals surface area contributed by atoms with E-state index in [1.54, 1.807) is 4.57 Å². The maximum Gasteiger partial charge on any atom is 0.278 e. The van der Waals surface area contributed by atoms with Gasteiger partial charge >= 0.3 is 0 Å². The lowest BCUT2D eigenvalue weighted by Crippen LogP contribution is -2.22. The van der Waals surface area contributed by atoms with Gasteiger partial charge in [-0.2, -0.15) is 0 Å². The Kier molecular flexibility index (Phi) is 8.11. The van der Waals surface area contributed by atoms with Crippen molar-refractivity contribution in [1.82, 2.24) is 14.1 Å². The van der Waals surface area contributed by atoms with Gasteiger partial charge in [0.1, 0.15) is 4.70 Å². The molecule has 1 amide bonds. The van der Waals surface area contributed by atoms with Crippen LogP contribution in [0.3, 0.4) is 0 Å². The number of aromatic nitrogens is 3. The van der Waals surface area contributed by atoms with Crippen LogP contribution in [0.5, 0.6) is 0 Å². The lowest BCUT2D eigenvalue weighted by Gasteiger charge is -2.13. The Labute approximate surface area is 240 Å². The summed E-state index contributed by atoms with van der Waals surface area (Å²) in [7, 11) is 0. The third-order valence-corrected chi connectivity index (χ3v) is 8.74. The molecule has 5 rings (SSSR count). The van der Waals surface area contributed by atoms with Crippen LogP contribution in [0.15, 0.2) is 82.7 Å². The molecule has 0 saturated heterocycles. The summed E-state index contributed by atoms with van der Waals surface area (Å²) >= 11 is 8.18. The number of carbonyl (C=O) groups is 1. The number of hydrogen-bond acceptors (Lipinski definition) is 6. The number of carbonyl (C=O) groups excluding carboxylic acids is 1. The number of nitrogens with zero attached hydrogens (tertiary/aromatic N) is 3. The molecule has 0 radical (unpaired) electrons. The summed E-state index contributed by atoms with van der Waals surface area (Å²) in [6, 6.07) is 23.6. The molecular formula is C30H28N4O2S3. The minimum absolute atomic E-state index is 0.0927. The zero-order chi connectivity index (χ0) is 27.5. The van der Waals surface area contributed by atoms with E-state index in [1.165, 1.54) is 34.2 Å². The number of rotatable bonds is 8. The van der Waals surface area contributed by atoms with Crippen molar-refractivity contribution in [3.05, 3.63) is 104 Å². The van der Waals surface area contributed by atoms with Gasteiger partial charge in [0.25, 0.3) is 5.56 Å². The van der Waals surface area contributed by atoms with Crippen molar-refractivity contribution in [2.24, 2.45) is 0 Å². The Bertz CT molecular complexity index is 1750. The third kappa shape index (κ3) is 5.75. The fourth-order valence-corrected chi connectivity index (χ4v) is 6.32. The van der Waals surface area contributed by atoms with Crippen molar-refractivity contribution in [3.8, 4) is 11.4 Å². The fraction of sp³-hybridized carbons (Fsp3) is 0.200. The molecule has 0 fully saturated rings. The molecule has 6 nitrogen and oxygen atoms in total. The SMILES string of the molecule is CCc1ccc(NC(=O)CSc2nc3c(sc(=S)n3-c3ccc(CC)cc3)c(=O)n2-c2ccc(C)cc2)cc1. The summed E-state index contributed by atoms with van der Waals surface area (Å²) in [6.07, 6.45) is 1.87. The second-order valence-electron chi connectivity index (χ2n) is 9.13. The molecule has 198 valence electrons. The van der Waals surface area contributed by atoms with E-state index in [-0.39, 0.29) is 17.2 Å². The lowest BCUT2D eigenvalue weighted by molar-refractivity contribution is -0.113. The molecule has 9 heteroatoms. The maximum absolute atomic E-state index is 13.9. The van der Waals surface area contributed by atoms with E-state index in [2.05, 4.69) is 31.3 Å². The summed E-state index contributed by atoms with van der Waals surface area (Å²) in [5.74, 6) is -0.0820. The summed E-state index contributed by atoms with van der Waals surface area (Å²) in [4.78, 5) is 31.7. The predicted molar refractivity (Wildman–Crippen MR) is 165 cm³/mol. The molecule has 5 aromatic rings. The van der Waals surface area contributed by atoms with Crippen LogP contribution in [0.1, 0.15) is 30.5 Å². The van der Waals surface area contributed by atoms with E-state index in [0.29, 0.717) is 25.1 Å². The van der Waals surface area contributed by atoms with E-state index in [9.17, 15) is 9.59 Å². The highest BCUT2D eigenvalue weighted by atomic mass is 32.2. The Balaban J connectivity index is 1.56. The molecule has 0 unspecified atom stereocenters. The van der Waals surface area contributed by atoms with Gasteiger partial charge in [-0.1, -0.05) is 78.9 Å². The van der Waals surface area contributed by atoms with Crippen LogP contribution in [-0.2, 0) is 17.6 Å². The topological polar surface area (TPSA) is 68.9 Å². The highest BCUT2D eigenvalue weighted by molar-refractivity contribution is 7.99. The summed E-state index contributed by atoms with van der Waals surface area (Å²) in [5.41, 5.74) is 6.08. The van der Waals surface area contributed by atoms with E-state index in [4.69, 9.17) is 17.2 Å². The molecule has 0 aliphatic heterocycles. The van der Waals surface area contributed by atoms with Gasteiger partial charge in [-0.3, -0.25) is 18.7 Å². The number of hydrogen-bond donors (Lipinski definition) is 1. The molecular weight excluding hydrogens is 545 g/mol. The largest absolute Gasteiger partial charge is 0.325 e. The molecule has 1 N–H and O–H groups in total. The van der Waals surface area contributed by atoms with Gasteiger partial charge in [0.05, 0.1) is 11.4 Å². The number of anilines is 1. The van der Waals surface area contributed by atoms with Crippen LogP contribution in [0.25, 0.3) is 21.7 Å². The first-order valence-electron chi connectivity index (χ1n) is 12.7. The summed E-state index contributed by atoms with van der Waals surface area (Å²) < 4.78 is 4.44. The van der Waals surface area contributed by atoms with Gasteiger partial charge in [0.2, 0.25) is 5.91 Å². The Morgan fingerprint density at radius 2 is 1.46 bits per heavy atom. The normalized spacial score (nSPS) is 11.2. The van der Waals surface area contributed by atoms with Gasteiger partial charge in [0.15, 0.2) is 14.8 Å². The number of nitrogens with one attached hydrogen (secondary N) is 1. The first-order chi connectivity index (χ1) is 18.9. The number of amides is 1. The molecule has 0 aliphatic carbocycles. The Hall–Kier alpha value is -3.53. The lowest BCUT2D eigenvalue weighted by atomic mass is 10.1. The minimum Gasteiger partial charge on any atom is -0.325 e. The average molecular weight is 573 g/mol. The van der Waals surface area contributed by atoms with Crippen LogP contribution < -0.4 is 10.9 Å². The standard InChI is InChI=1S/C30H28N4O2S3/c1-4-20-8-12-22(13-9-20)31-25(35)18-38-29-32-27-26(28(36)34(29)24-14-6-19(3)7-15-24)39-30(37)33(27)23-16-10-21(5-2)11-17-23/h6-17H,4-5,18H2,1-3H3,(H,31,35). The smallest absolute Gasteiger partial charge is 0.278 e. The first kappa shape index (κ1) is 27.1. The highest BCUT2D eigenvalue weighted by Gasteiger charge is 2.20. The number of benzene rings is 3. The Morgan fingerprint density at radius 1 is 0.897 bits per heavy atom. The number of thiazole rings is 1. The van der Waals surface area contributed by atoms with Crippen molar-refractivity contribution < 1.29 is 4.79 Å². The average Bonchev–Trinajstić information content (AvgIpc) is 3.29. The quantitative estimate of drug-likeness (QED) is 0.122. The van der Waals surface area contributed by atoms with E-state index in [1.807, 2.05) is 72.2 Å². The summed E-state index contributed by atoms with van der Waals surface area (Å²) in [5, 5.41) is 3.37. The molecule has 0 spiro atoms. The predicted octanol–water partition coefficient (Wildman–Crippen LogP) is 7.13. The molecule has 3 aromatic carbocycles. The highest BCUT2D eigenvalue weighted by Crippen LogP contribution is 2.28. The second-order valence-corrected chi connectivity index (χ2v) is 11.7.